The lowest BCUT2D eigenvalue weighted by atomic mass is 9.76. The molecule has 74 valence electrons. The molecule has 0 spiro atoms. The number of hydrogen-bond donors (Lipinski definition) is 1. The average Bonchev–Trinajstić information content (AvgIpc) is 2.18. The van der Waals surface area contributed by atoms with Gasteiger partial charge in [-0.1, -0.05) is 0 Å². The molecule has 13 heavy (non-hydrogen) atoms. The van der Waals surface area contributed by atoms with Crippen molar-refractivity contribution in [1.29, 1.82) is 0 Å². The van der Waals surface area contributed by atoms with Gasteiger partial charge in [0.05, 0.1) is 0 Å². The summed E-state index contributed by atoms with van der Waals surface area (Å²) in [7, 11) is 3.19. The van der Waals surface area contributed by atoms with Gasteiger partial charge in [0.15, 0.2) is 11.6 Å². The van der Waals surface area contributed by atoms with Crippen LogP contribution in [-0.2, 0) is 14.3 Å². The van der Waals surface area contributed by atoms with Crippen molar-refractivity contribution in [3.8, 4) is 0 Å². The molecule has 3 rings (SSSR count). The smallest absolute Gasteiger partial charge is 0.190 e. The van der Waals surface area contributed by atoms with Crippen LogP contribution < -0.4 is 5.32 Å². The van der Waals surface area contributed by atoms with Gasteiger partial charge >= 0.3 is 0 Å². The molecule has 2 atom stereocenters. The molecule has 4 nitrogen and oxygen atoms in total. The Morgan fingerprint density at radius 3 is 2.54 bits per heavy atom. The van der Waals surface area contributed by atoms with Crippen molar-refractivity contribution in [3.05, 3.63) is 0 Å². The zero-order chi connectivity index (χ0) is 9.47. The molecule has 0 aromatic rings. The molecule has 2 unspecified atom stereocenters. The number of methoxy groups -OCH3 is 2. The quantitative estimate of drug-likeness (QED) is 0.612. The molecule has 1 N–H and O–H groups in total. The van der Waals surface area contributed by atoms with Crippen LogP contribution in [0.5, 0.6) is 0 Å². The van der Waals surface area contributed by atoms with E-state index in [1.807, 2.05) is 0 Å². The Kier molecular flexibility index (Phi) is 2.14. The first-order valence-electron chi connectivity index (χ1n) is 4.58. The molecule has 2 saturated heterocycles. The van der Waals surface area contributed by atoms with Crippen LogP contribution in [0.15, 0.2) is 0 Å². The summed E-state index contributed by atoms with van der Waals surface area (Å²) in [6, 6.07) is -0.271. The lowest BCUT2D eigenvalue weighted by Crippen LogP contribution is -2.67. The average molecular weight is 185 g/mol. The fraction of sp³-hybridized carbons (Fsp3) is 0.889. The Bertz CT molecular complexity index is 225. The topological polar surface area (TPSA) is 47.6 Å². The van der Waals surface area contributed by atoms with Gasteiger partial charge in [-0.25, -0.2) is 0 Å². The molecular weight excluding hydrogens is 170 g/mol. The van der Waals surface area contributed by atoms with Gasteiger partial charge in [-0.05, 0) is 12.5 Å². The molecule has 4 heteroatoms. The number of ketones is 1. The van der Waals surface area contributed by atoms with Crippen molar-refractivity contribution < 1.29 is 14.3 Å². The molecule has 0 aromatic heterocycles. The van der Waals surface area contributed by atoms with Crippen molar-refractivity contribution in [3.63, 3.8) is 0 Å². The standard InChI is InChI=1S/C9H15NO3/c1-12-9(13-2)4-6-3-7(11)8(9)10-5-6/h6,8,10H,3-5H2,1-2H3. The maximum Gasteiger partial charge on any atom is 0.190 e. The molecule has 0 radical (unpaired) electrons. The number of hydrogen-bond acceptors (Lipinski definition) is 4. The summed E-state index contributed by atoms with van der Waals surface area (Å²) in [6.07, 6.45) is 1.50. The van der Waals surface area contributed by atoms with E-state index in [1.165, 1.54) is 0 Å². The summed E-state index contributed by atoms with van der Waals surface area (Å²) in [5.74, 6) is -0.123. The van der Waals surface area contributed by atoms with E-state index in [0.29, 0.717) is 12.3 Å². The van der Waals surface area contributed by atoms with Crippen LogP contribution in [-0.4, -0.2) is 38.4 Å². The van der Waals surface area contributed by atoms with Crippen LogP contribution in [0, 0.1) is 5.92 Å². The molecule has 0 aromatic carbocycles. The van der Waals surface area contributed by atoms with Crippen LogP contribution in [0.3, 0.4) is 0 Å². The Morgan fingerprint density at radius 1 is 1.46 bits per heavy atom. The Labute approximate surface area is 77.6 Å². The number of fused-ring (bicyclic) bond motifs is 3. The minimum absolute atomic E-state index is 0.214. The summed E-state index contributed by atoms with van der Waals surface area (Å²) < 4.78 is 10.7. The van der Waals surface area contributed by atoms with Gasteiger partial charge in [0.1, 0.15) is 6.04 Å². The van der Waals surface area contributed by atoms with Crippen LogP contribution in [0.4, 0.5) is 0 Å². The van der Waals surface area contributed by atoms with Gasteiger partial charge in [0, 0.05) is 27.1 Å². The van der Waals surface area contributed by atoms with Crippen LogP contribution in [0.2, 0.25) is 0 Å². The SMILES string of the molecule is COC1(OC)CC2CNC1C(=O)C2. The van der Waals surface area contributed by atoms with E-state index in [2.05, 4.69) is 5.32 Å². The summed E-state index contributed by atoms with van der Waals surface area (Å²) in [5.41, 5.74) is 0. The third kappa shape index (κ3) is 1.21. The minimum atomic E-state index is -0.710. The highest BCUT2D eigenvalue weighted by Crippen LogP contribution is 2.37. The second kappa shape index (κ2) is 3.04. The van der Waals surface area contributed by atoms with E-state index in [4.69, 9.17) is 9.47 Å². The maximum atomic E-state index is 11.6. The van der Waals surface area contributed by atoms with Crippen LogP contribution in [0.1, 0.15) is 12.8 Å². The van der Waals surface area contributed by atoms with E-state index in [1.54, 1.807) is 14.2 Å². The third-order valence-corrected chi connectivity index (χ3v) is 3.13. The first-order chi connectivity index (χ1) is 6.22. The third-order valence-electron chi connectivity index (χ3n) is 3.13. The molecule has 1 saturated carbocycles. The van der Waals surface area contributed by atoms with E-state index >= 15 is 0 Å². The van der Waals surface area contributed by atoms with Crippen molar-refractivity contribution in [1.82, 2.24) is 5.32 Å². The molecule has 2 heterocycles. The first-order valence-corrected chi connectivity index (χ1v) is 4.58. The maximum absolute atomic E-state index is 11.6. The van der Waals surface area contributed by atoms with Gasteiger partial charge in [-0.3, -0.25) is 4.79 Å². The molecule has 0 amide bonds. The van der Waals surface area contributed by atoms with Crippen molar-refractivity contribution in [2.75, 3.05) is 20.8 Å². The fourth-order valence-corrected chi connectivity index (χ4v) is 2.42. The normalized spacial score (nSPS) is 36.6. The monoisotopic (exact) mass is 185 g/mol. The summed E-state index contributed by atoms with van der Waals surface area (Å²) in [6.45, 7) is 0.908. The molecule has 2 aliphatic heterocycles. The lowest BCUT2D eigenvalue weighted by molar-refractivity contribution is -0.250. The Hall–Kier alpha value is -0.450. The van der Waals surface area contributed by atoms with Crippen LogP contribution in [0.25, 0.3) is 0 Å². The van der Waals surface area contributed by atoms with Crippen LogP contribution >= 0.6 is 0 Å². The highest BCUT2D eigenvalue weighted by Gasteiger charge is 2.52. The van der Waals surface area contributed by atoms with Gasteiger partial charge in [0.2, 0.25) is 0 Å². The van der Waals surface area contributed by atoms with E-state index in [9.17, 15) is 4.79 Å². The molecule has 1 aliphatic carbocycles. The highest BCUT2D eigenvalue weighted by atomic mass is 16.7. The van der Waals surface area contributed by atoms with Crippen molar-refractivity contribution in [2.24, 2.45) is 5.92 Å². The second-order valence-electron chi connectivity index (χ2n) is 3.80. The van der Waals surface area contributed by atoms with E-state index in [0.717, 1.165) is 13.0 Å². The van der Waals surface area contributed by atoms with E-state index < -0.39 is 5.79 Å². The van der Waals surface area contributed by atoms with E-state index in [-0.39, 0.29) is 11.8 Å². The Balaban J connectivity index is 2.26. The number of carbonyl (C=O) groups excluding carboxylic acids is 1. The number of ether oxygens (including phenoxy) is 2. The first kappa shape index (κ1) is 9.12. The lowest BCUT2D eigenvalue weighted by Gasteiger charge is -2.48. The van der Waals surface area contributed by atoms with Crippen molar-refractivity contribution in [2.45, 2.75) is 24.7 Å². The summed E-state index contributed by atoms with van der Waals surface area (Å²) in [4.78, 5) is 11.6. The molecular formula is C9H15NO3. The highest BCUT2D eigenvalue weighted by molar-refractivity contribution is 5.87. The Morgan fingerprint density at radius 2 is 2.15 bits per heavy atom. The fourth-order valence-electron chi connectivity index (χ4n) is 2.42. The predicted molar refractivity (Wildman–Crippen MR) is 46.3 cm³/mol. The molecule has 2 bridgehead atoms. The summed E-state index contributed by atoms with van der Waals surface area (Å²) >= 11 is 0. The number of piperidine rings is 2. The zero-order valence-corrected chi connectivity index (χ0v) is 8.00. The number of rotatable bonds is 2. The van der Waals surface area contributed by atoms with Gasteiger partial charge in [-0.15, -0.1) is 0 Å². The molecule has 3 aliphatic rings. The zero-order valence-electron chi connectivity index (χ0n) is 8.00. The number of Topliss-reactive ketones (excluding diaryl/α,β-unsaturated/α-hetero) is 1. The van der Waals surface area contributed by atoms with Crippen molar-refractivity contribution >= 4 is 5.78 Å². The second-order valence-corrected chi connectivity index (χ2v) is 3.80. The molecule has 3 fully saturated rings. The van der Waals surface area contributed by atoms with Gasteiger partial charge < -0.3 is 14.8 Å². The van der Waals surface area contributed by atoms with Gasteiger partial charge in [0.25, 0.3) is 0 Å². The summed E-state index contributed by atoms with van der Waals surface area (Å²) in [5, 5.41) is 3.16. The van der Waals surface area contributed by atoms with Gasteiger partial charge in [-0.2, -0.15) is 0 Å². The largest absolute Gasteiger partial charge is 0.351 e. The minimum Gasteiger partial charge on any atom is -0.351 e. The number of nitrogens with one attached hydrogen (secondary N) is 1. The predicted octanol–water partition coefficient (Wildman–Crippen LogP) is -0.0736. The number of carbonyl (C=O) groups is 1.